The smallest absolute Gasteiger partial charge is 0.129 e. The van der Waals surface area contributed by atoms with E-state index in [2.05, 4.69) is 0 Å². The van der Waals surface area contributed by atoms with Crippen LogP contribution in [-0.2, 0) is 23.4 Å². The highest BCUT2D eigenvalue weighted by atomic mass is 19.1. The molecule has 1 aliphatic rings. The van der Waals surface area contributed by atoms with Gasteiger partial charge in [0.15, 0.2) is 0 Å². The number of hydrogen-bond acceptors (Lipinski definition) is 3. The van der Waals surface area contributed by atoms with Crippen molar-refractivity contribution in [3.63, 3.8) is 0 Å². The molecule has 134 valence electrons. The van der Waals surface area contributed by atoms with E-state index in [1.54, 1.807) is 6.07 Å². The van der Waals surface area contributed by atoms with Crippen molar-refractivity contribution in [1.29, 1.82) is 0 Å². The van der Waals surface area contributed by atoms with Crippen molar-refractivity contribution in [2.75, 3.05) is 6.61 Å². The molecule has 1 saturated carbocycles. The third-order valence-electron chi connectivity index (χ3n) is 5.28. The minimum Gasteiger partial charge on any atom is -0.395 e. The lowest BCUT2D eigenvalue weighted by atomic mass is 9.67. The average molecular weight is 344 g/mol. The molecule has 1 fully saturated rings. The average Bonchev–Trinajstić information content (AvgIpc) is 2.67. The maximum absolute atomic E-state index is 14.1. The summed E-state index contributed by atoms with van der Waals surface area (Å²) in [6.07, 6.45) is 3.24. The first-order valence-electron chi connectivity index (χ1n) is 8.83. The summed E-state index contributed by atoms with van der Waals surface area (Å²) in [5.74, 6) is -0.417. The SMILES string of the molecule is OCc1c(F)cccc1C1(CO)CCCC(OCc2ccccc2)C1. The van der Waals surface area contributed by atoms with Crippen molar-refractivity contribution in [3.05, 3.63) is 71.0 Å². The van der Waals surface area contributed by atoms with Gasteiger partial charge in [-0.2, -0.15) is 0 Å². The molecule has 3 rings (SSSR count). The van der Waals surface area contributed by atoms with Gasteiger partial charge in [0.25, 0.3) is 0 Å². The van der Waals surface area contributed by atoms with Crippen LogP contribution in [-0.4, -0.2) is 22.9 Å². The quantitative estimate of drug-likeness (QED) is 0.840. The van der Waals surface area contributed by atoms with Crippen LogP contribution in [0.5, 0.6) is 0 Å². The molecule has 0 aromatic heterocycles. The van der Waals surface area contributed by atoms with Gasteiger partial charge in [0.1, 0.15) is 5.82 Å². The van der Waals surface area contributed by atoms with Gasteiger partial charge in [0.05, 0.1) is 25.9 Å². The Morgan fingerprint density at radius 3 is 2.60 bits per heavy atom. The van der Waals surface area contributed by atoms with Gasteiger partial charge < -0.3 is 14.9 Å². The lowest BCUT2D eigenvalue weighted by molar-refractivity contribution is -0.0175. The number of rotatable bonds is 6. The number of hydrogen-bond donors (Lipinski definition) is 2. The van der Waals surface area contributed by atoms with Gasteiger partial charge in [0, 0.05) is 11.0 Å². The highest BCUT2D eigenvalue weighted by Crippen LogP contribution is 2.42. The van der Waals surface area contributed by atoms with Crippen LogP contribution in [0.15, 0.2) is 48.5 Å². The second kappa shape index (κ2) is 8.09. The molecule has 2 N–H and O–H groups in total. The summed E-state index contributed by atoms with van der Waals surface area (Å²) in [6.45, 7) is 0.0942. The monoisotopic (exact) mass is 344 g/mol. The molecule has 0 amide bonds. The van der Waals surface area contributed by atoms with Crippen molar-refractivity contribution in [1.82, 2.24) is 0 Å². The van der Waals surface area contributed by atoms with E-state index in [-0.39, 0.29) is 19.3 Å². The van der Waals surface area contributed by atoms with E-state index in [0.717, 1.165) is 24.8 Å². The van der Waals surface area contributed by atoms with Gasteiger partial charge in [-0.1, -0.05) is 42.5 Å². The fraction of sp³-hybridized carbons (Fsp3) is 0.429. The van der Waals surface area contributed by atoms with Gasteiger partial charge in [-0.3, -0.25) is 0 Å². The standard InChI is InChI=1S/C21H25FO3/c22-20-10-4-9-19(18(20)13-23)21(15-24)11-5-8-17(12-21)25-14-16-6-2-1-3-7-16/h1-4,6-7,9-10,17,23-24H,5,8,11-15H2. The number of aliphatic hydroxyl groups is 2. The van der Waals surface area contributed by atoms with Gasteiger partial charge in [-0.15, -0.1) is 0 Å². The molecule has 2 atom stereocenters. The van der Waals surface area contributed by atoms with Gasteiger partial charge in [-0.05, 0) is 42.9 Å². The summed E-state index contributed by atoms with van der Waals surface area (Å²) in [4.78, 5) is 0. The number of ether oxygens (including phenoxy) is 1. The Bertz CT molecular complexity index is 689. The third kappa shape index (κ3) is 3.92. The number of aliphatic hydroxyl groups excluding tert-OH is 2. The van der Waals surface area contributed by atoms with E-state index in [4.69, 9.17) is 4.74 Å². The summed E-state index contributed by atoms with van der Waals surface area (Å²) in [5, 5.41) is 19.8. The van der Waals surface area contributed by atoms with Crippen molar-refractivity contribution in [2.24, 2.45) is 0 Å². The van der Waals surface area contributed by atoms with Crippen molar-refractivity contribution in [2.45, 2.75) is 50.4 Å². The summed E-state index contributed by atoms with van der Waals surface area (Å²) in [5.41, 5.74) is 1.56. The molecule has 2 unspecified atom stereocenters. The summed E-state index contributed by atoms with van der Waals surface area (Å²) >= 11 is 0. The Morgan fingerprint density at radius 1 is 1.08 bits per heavy atom. The van der Waals surface area contributed by atoms with E-state index in [1.807, 2.05) is 36.4 Å². The minimum absolute atomic E-state index is 0.0101. The molecule has 0 radical (unpaired) electrons. The lowest BCUT2D eigenvalue weighted by Gasteiger charge is -2.41. The topological polar surface area (TPSA) is 49.7 Å². The Morgan fingerprint density at radius 2 is 1.88 bits per heavy atom. The zero-order valence-corrected chi connectivity index (χ0v) is 14.3. The zero-order chi connectivity index (χ0) is 17.7. The normalized spacial score (nSPS) is 23.6. The van der Waals surface area contributed by atoms with Crippen LogP contribution in [0, 0.1) is 5.82 Å². The second-order valence-corrected chi connectivity index (χ2v) is 6.88. The van der Waals surface area contributed by atoms with Crippen LogP contribution in [0.3, 0.4) is 0 Å². The van der Waals surface area contributed by atoms with Crippen LogP contribution >= 0.6 is 0 Å². The highest BCUT2D eigenvalue weighted by Gasteiger charge is 2.39. The van der Waals surface area contributed by atoms with E-state index in [9.17, 15) is 14.6 Å². The fourth-order valence-electron chi connectivity index (χ4n) is 3.93. The predicted octanol–water partition coefficient (Wildman–Crippen LogP) is 3.71. The van der Waals surface area contributed by atoms with Crippen LogP contribution in [0.4, 0.5) is 4.39 Å². The molecular weight excluding hydrogens is 319 g/mol. The fourth-order valence-corrected chi connectivity index (χ4v) is 3.93. The first-order chi connectivity index (χ1) is 12.2. The third-order valence-corrected chi connectivity index (χ3v) is 5.28. The largest absolute Gasteiger partial charge is 0.395 e. The maximum Gasteiger partial charge on any atom is 0.129 e. The molecule has 0 aliphatic heterocycles. The Labute approximate surface area is 148 Å². The molecule has 25 heavy (non-hydrogen) atoms. The minimum atomic E-state index is -0.556. The molecule has 2 aromatic carbocycles. The first kappa shape index (κ1) is 18.1. The lowest BCUT2D eigenvalue weighted by Crippen LogP contribution is -2.40. The van der Waals surface area contributed by atoms with E-state index in [0.29, 0.717) is 24.2 Å². The van der Waals surface area contributed by atoms with Crippen molar-refractivity contribution >= 4 is 0 Å². The van der Waals surface area contributed by atoms with E-state index < -0.39 is 11.2 Å². The number of halogens is 1. The molecule has 0 saturated heterocycles. The van der Waals surface area contributed by atoms with Crippen LogP contribution in [0.2, 0.25) is 0 Å². The van der Waals surface area contributed by atoms with E-state index in [1.165, 1.54) is 6.07 Å². The Kier molecular flexibility index (Phi) is 5.84. The molecule has 0 spiro atoms. The predicted molar refractivity (Wildman–Crippen MR) is 94.6 cm³/mol. The molecule has 0 bridgehead atoms. The zero-order valence-electron chi connectivity index (χ0n) is 14.3. The Hall–Kier alpha value is -1.75. The first-order valence-corrected chi connectivity index (χ1v) is 8.83. The van der Waals surface area contributed by atoms with E-state index >= 15 is 0 Å². The van der Waals surface area contributed by atoms with Gasteiger partial charge in [-0.25, -0.2) is 4.39 Å². The second-order valence-electron chi connectivity index (χ2n) is 6.88. The van der Waals surface area contributed by atoms with Crippen LogP contribution < -0.4 is 0 Å². The molecular formula is C21H25FO3. The van der Waals surface area contributed by atoms with Gasteiger partial charge in [0.2, 0.25) is 0 Å². The number of benzene rings is 2. The van der Waals surface area contributed by atoms with Crippen LogP contribution in [0.1, 0.15) is 42.4 Å². The maximum atomic E-state index is 14.1. The summed E-state index contributed by atoms with van der Waals surface area (Å²) < 4.78 is 20.2. The summed E-state index contributed by atoms with van der Waals surface area (Å²) in [7, 11) is 0. The highest BCUT2D eigenvalue weighted by molar-refractivity contribution is 5.36. The van der Waals surface area contributed by atoms with Crippen molar-refractivity contribution in [3.8, 4) is 0 Å². The summed E-state index contributed by atoms with van der Waals surface area (Å²) in [6, 6.07) is 14.8. The molecule has 1 aliphatic carbocycles. The molecule has 0 heterocycles. The van der Waals surface area contributed by atoms with Gasteiger partial charge >= 0.3 is 0 Å². The molecule has 4 heteroatoms. The van der Waals surface area contributed by atoms with Crippen molar-refractivity contribution < 1.29 is 19.3 Å². The van der Waals surface area contributed by atoms with Crippen LogP contribution in [0.25, 0.3) is 0 Å². The Balaban J connectivity index is 1.78. The molecule has 3 nitrogen and oxygen atoms in total. The molecule has 2 aromatic rings.